The van der Waals surface area contributed by atoms with E-state index in [-0.39, 0.29) is 18.1 Å². The number of para-hydroxylation sites is 1. The summed E-state index contributed by atoms with van der Waals surface area (Å²) in [7, 11) is 4.38. The van der Waals surface area contributed by atoms with Crippen LogP contribution in [-0.2, 0) is 25.6 Å². The van der Waals surface area contributed by atoms with Crippen molar-refractivity contribution in [2.75, 3.05) is 21.3 Å². The maximum atomic E-state index is 12.8. The predicted molar refractivity (Wildman–Crippen MR) is 101 cm³/mol. The molecular formula is C22H24O5. The molecule has 5 heteroatoms. The van der Waals surface area contributed by atoms with Gasteiger partial charge in [-0.3, -0.25) is 4.79 Å². The third kappa shape index (κ3) is 3.75. The number of rotatable bonds is 7. The number of hydrogen-bond acceptors (Lipinski definition) is 5. The Morgan fingerprint density at radius 1 is 0.963 bits per heavy atom. The molecule has 3 rings (SSSR count). The Balaban J connectivity index is 1.89. The van der Waals surface area contributed by atoms with Gasteiger partial charge in [0.25, 0.3) is 5.79 Å². The fourth-order valence-electron chi connectivity index (χ4n) is 3.39. The van der Waals surface area contributed by atoms with E-state index in [4.69, 9.17) is 18.9 Å². The van der Waals surface area contributed by atoms with Crippen molar-refractivity contribution in [3.63, 3.8) is 0 Å². The molecule has 0 amide bonds. The summed E-state index contributed by atoms with van der Waals surface area (Å²) < 4.78 is 22.2. The lowest BCUT2D eigenvalue weighted by Crippen LogP contribution is -2.48. The molecule has 2 aromatic rings. The Hall–Kier alpha value is -2.63. The highest BCUT2D eigenvalue weighted by molar-refractivity contribution is 5.91. The second-order valence-corrected chi connectivity index (χ2v) is 6.31. The van der Waals surface area contributed by atoms with Gasteiger partial charge >= 0.3 is 0 Å². The van der Waals surface area contributed by atoms with Crippen molar-refractivity contribution in [2.45, 2.75) is 24.7 Å². The fraction of sp³-hybridized carbons (Fsp3) is 0.318. The van der Waals surface area contributed by atoms with E-state index in [2.05, 4.69) is 0 Å². The van der Waals surface area contributed by atoms with Gasteiger partial charge in [0.2, 0.25) is 5.78 Å². The van der Waals surface area contributed by atoms with E-state index >= 15 is 0 Å². The number of hydrogen-bond donors (Lipinski definition) is 0. The summed E-state index contributed by atoms with van der Waals surface area (Å²) in [5.74, 6) is -0.752. The molecule has 0 bridgehead atoms. The minimum Gasteiger partial charge on any atom is -0.495 e. The van der Waals surface area contributed by atoms with Gasteiger partial charge in [0, 0.05) is 32.1 Å². The summed E-state index contributed by atoms with van der Waals surface area (Å²) in [6, 6.07) is 17.7. The van der Waals surface area contributed by atoms with Crippen molar-refractivity contribution in [1.29, 1.82) is 0 Å². The second kappa shape index (κ2) is 8.37. The van der Waals surface area contributed by atoms with E-state index in [1.807, 2.05) is 60.7 Å². The number of methoxy groups -OCH3 is 3. The lowest BCUT2D eigenvalue weighted by Gasteiger charge is -2.35. The van der Waals surface area contributed by atoms with Gasteiger partial charge in [-0.1, -0.05) is 48.5 Å². The first kappa shape index (κ1) is 19.1. The third-order valence-electron chi connectivity index (χ3n) is 4.80. The van der Waals surface area contributed by atoms with Gasteiger partial charge in [0.1, 0.15) is 12.4 Å². The SMILES string of the molecule is COC1=CC(c2ccccc2OCc2ccccc2)CC(=O)C1(OC)OC. The molecule has 1 aliphatic carbocycles. The average molecular weight is 368 g/mol. The molecule has 0 spiro atoms. The van der Waals surface area contributed by atoms with Gasteiger partial charge in [-0.15, -0.1) is 0 Å². The van der Waals surface area contributed by atoms with E-state index in [0.29, 0.717) is 12.4 Å². The van der Waals surface area contributed by atoms with Crippen LogP contribution in [-0.4, -0.2) is 32.9 Å². The summed E-state index contributed by atoms with van der Waals surface area (Å²) in [5, 5.41) is 0. The van der Waals surface area contributed by atoms with E-state index in [1.165, 1.54) is 21.3 Å². The fourth-order valence-corrected chi connectivity index (χ4v) is 3.39. The lowest BCUT2D eigenvalue weighted by atomic mass is 9.84. The highest BCUT2D eigenvalue weighted by Gasteiger charge is 2.48. The topological polar surface area (TPSA) is 54.0 Å². The summed E-state index contributed by atoms with van der Waals surface area (Å²) >= 11 is 0. The number of carbonyl (C=O) groups excluding carboxylic acids is 1. The zero-order chi connectivity index (χ0) is 19.3. The van der Waals surface area contributed by atoms with Crippen LogP contribution in [0.3, 0.4) is 0 Å². The molecule has 0 heterocycles. The van der Waals surface area contributed by atoms with Crippen LogP contribution in [0.25, 0.3) is 0 Å². The van der Waals surface area contributed by atoms with E-state index < -0.39 is 5.79 Å². The summed E-state index contributed by atoms with van der Waals surface area (Å²) in [6.07, 6.45) is 2.11. The maximum absolute atomic E-state index is 12.8. The molecule has 0 N–H and O–H groups in total. The molecule has 27 heavy (non-hydrogen) atoms. The first-order valence-electron chi connectivity index (χ1n) is 8.80. The minimum atomic E-state index is -1.48. The van der Waals surface area contributed by atoms with Gasteiger partial charge in [-0.05, 0) is 17.7 Å². The van der Waals surface area contributed by atoms with Crippen LogP contribution in [0.4, 0.5) is 0 Å². The van der Waals surface area contributed by atoms with Gasteiger partial charge in [-0.25, -0.2) is 0 Å². The molecule has 0 saturated heterocycles. The zero-order valence-corrected chi connectivity index (χ0v) is 15.8. The molecule has 0 fully saturated rings. The molecular weight excluding hydrogens is 344 g/mol. The van der Waals surface area contributed by atoms with Crippen molar-refractivity contribution in [2.24, 2.45) is 0 Å². The van der Waals surface area contributed by atoms with E-state index in [1.54, 1.807) is 0 Å². The molecule has 0 saturated carbocycles. The predicted octanol–water partition coefficient (Wildman–Crippen LogP) is 3.84. The highest BCUT2D eigenvalue weighted by atomic mass is 16.7. The Morgan fingerprint density at radius 3 is 2.30 bits per heavy atom. The maximum Gasteiger partial charge on any atom is 0.288 e. The monoisotopic (exact) mass is 368 g/mol. The molecule has 1 aliphatic rings. The van der Waals surface area contributed by atoms with Crippen molar-refractivity contribution < 1.29 is 23.7 Å². The lowest BCUT2D eigenvalue weighted by molar-refractivity contribution is -0.205. The van der Waals surface area contributed by atoms with Crippen molar-refractivity contribution in [3.8, 4) is 5.75 Å². The number of carbonyl (C=O) groups is 1. The Bertz CT molecular complexity index is 808. The molecule has 0 aliphatic heterocycles. The third-order valence-corrected chi connectivity index (χ3v) is 4.80. The molecule has 1 atom stereocenters. The first-order chi connectivity index (χ1) is 13.1. The number of ether oxygens (including phenoxy) is 4. The number of allylic oxidation sites excluding steroid dienone is 1. The average Bonchev–Trinajstić information content (AvgIpc) is 2.73. The van der Waals surface area contributed by atoms with Crippen molar-refractivity contribution >= 4 is 5.78 Å². The summed E-state index contributed by atoms with van der Waals surface area (Å²) in [5.41, 5.74) is 2.01. The Labute approximate surface area is 159 Å². The minimum absolute atomic E-state index is 0.183. The molecule has 5 nitrogen and oxygen atoms in total. The largest absolute Gasteiger partial charge is 0.495 e. The smallest absolute Gasteiger partial charge is 0.288 e. The Kier molecular flexibility index (Phi) is 5.94. The van der Waals surface area contributed by atoms with E-state index in [9.17, 15) is 4.79 Å². The van der Waals surface area contributed by atoms with Crippen LogP contribution in [0.15, 0.2) is 66.4 Å². The summed E-state index contributed by atoms with van der Waals surface area (Å²) in [4.78, 5) is 12.8. The highest BCUT2D eigenvalue weighted by Crippen LogP contribution is 2.40. The molecule has 142 valence electrons. The van der Waals surface area contributed by atoms with Gasteiger partial charge < -0.3 is 18.9 Å². The van der Waals surface area contributed by atoms with E-state index in [0.717, 1.165) is 16.9 Å². The first-order valence-corrected chi connectivity index (χ1v) is 8.80. The number of Topliss-reactive ketones (excluding diaryl/α,β-unsaturated/α-hetero) is 1. The quantitative estimate of drug-likeness (QED) is 0.695. The van der Waals surface area contributed by atoms with Gasteiger partial charge in [0.15, 0.2) is 5.76 Å². The van der Waals surface area contributed by atoms with Crippen LogP contribution in [0.5, 0.6) is 5.75 Å². The van der Waals surface area contributed by atoms with Crippen LogP contribution in [0.2, 0.25) is 0 Å². The normalized spacial score (nSPS) is 18.7. The van der Waals surface area contributed by atoms with Crippen LogP contribution in [0.1, 0.15) is 23.5 Å². The molecule has 1 unspecified atom stereocenters. The van der Waals surface area contributed by atoms with Gasteiger partial charge in [-0.2, -0.15) is 0 Å². The molecule has 0 radical (unpaired) electrons. The second-order valence-electron chi connectivity index (χ2n) is 6.31. The van der Waals surface area contributed by atoms with Crippen LogP contribution >= 0.6 is 0 Å². The van der Waals surface area contributed by atoms with Crippen LogP contribution < -0.4 is 4.74 Å². The van der Waals surface area contributed by atoms with Gasteiger partial charge in [0.05, 0.1) is 7.11 Å². The molecule has 2 aromatic carbocycles. The van der Waals surface area contributed by atoms with Crippen LogP contribution in [0, 0.1) is 0 Å². The number of benzene rings is 2. The van der Waals surface area contributed by atoms with Crippen molar-refractivity contribution in [3.05, 3.63) is 77.6 Å². The summed E-state index contributed by atoms with van der Waals surface area (Å²) in [6.45, 7) is 0.458. The Morgan fingerprint density at radius 2 is 1.63 bits per heavy atom. The van der Waals surface area contributed by atoms with Crippen molar-refractivity contribution in [1.82, 2.24) is 0 Å². The zero-order valence-electron chi connectivity index (χ0n) is 15.8. The number of ketones is 1. The standard InChI is InChI=1S/C22H24O5/c1-24-21-14-17(13-20(23)22(21,25-2)26-3)18-11-7-8-12-19(18)27-15-16-9-5-4-6-10-16/h4-12,14,17H,13,15H2,1-3H3. The molecule has 0 aromatic heterocycles.